The second-order valence-electron chi connectivity index (χ2n) is 4.37. The van der Waals surface area contributed by atoms with Gasteiger partial charge in [0, 0.05) is 12.7 Å². The van der Waals surface area contributed by atoms with Crippen LogP contribution in [0.15, 0.2) is 36.4 Å². The van der Waals surface area contributed by atoms with E-state index in [9.17, 15) is 4.79 Å². The zero-order chi connectivity index (χ0) is 14.7. The normalized spacial score (nSPS) is 10.2. The summed E-state index contributed by atoms with van der Waals surface area (Å²) in [5.74, 6) is 5.39. The minimum Gasteiger partial charge on any atom is -0.310 e. The number of amides is 1. The lowest BCUT2D eigenvalue weighted by molar-refractivity contribution is 0.0988. The van der Waals surface area contributed by atoms with E-state index in [1.807, 2.05) is 31.2 Å². The molecule has 0 saturated carbocycles. The molecule has 1 heterocycles. The molecule has 20 heavy (non-hydrogen) atoms. The number of carbonyl (C=O) groups is 1. The van der Waals surface area contributed by atoms with E-state index in [4.69, 9.17) is 17.4 Å². The van der Waals surface area contributed by atoms with Crippen molar-refractivity contribution in [1.82, 2.24) is 4.98 Å². The third-order valence-electron chi connectivity index (χ3n) is 2.89. The molecule has 0 saturated heterocycles. The maximum absolute atomic E-state index is 12.5. The molecular weight excluding hydrogens is 276 g/mol. The Labute approximate surface area is 122 Å². The lowest BCUT2D eigenvalue weighted by atomic mass is 10.2. The number of nitrogens with two attached hydrogens (primary N) is 1. The van der Waals surface area contributed by atoms with Crippen LogP contribution in [0.25, 0.3) is 0 Å². The van der Waals surface area contributed by atoms with Gasteiger partial charge in [0.25, 0.3) is 5.91 Å². The summed E-state index contributed by atoms with van der Waals surface area (Å²) in [5.41, 5.74) is 4.40. The summed E-state index contributed by atoms with van der Waals surface area (Å²) >= 11 is 6.03. The fourth-order valence-corrected chi connectivity index (χ4v) is 1.97. The van der Waals surface area contributed by atoms with Crippen molar-refractivity contribution in [3.8, 4) is 0 Å². The van der Waals surface area contributed by atoms with Crippen LogP contribution in [-0.2, 0) is 0 Å². The van der Waals surface area contributed by atoms with Crippen molar-refractivity contribution in [2.45, 2.75) is 6.92 Å². The molecule has 0 aliphatic rings. The highest BCUT2D eigenvalue weighted by Gasteiger charge is 2.18. The number of hydrogen-bond acceptors (Lipinski definition) is 4. The van der Waals surface area contributed by atoms with Gasteiger partial charge in [-0.2, -0.15) is 0 Å². The van der Waals surface area contributed by atoms with E-state index in [1.165, 1.54) is 4.90 Å². The molecule has 0 spiro atoms. The number of nitrogens with one attached hydrogen (secondary N) is 1. The second kappa shape index (κ2) is 5.90. The van der Waals surface area contributed by atoms with Crippen LogP contribution < -0.4 is 16.2 Å². The number of anilines is 2. The molecule has 2 aromatic rings. The quantitative estimate of drug-likeness (QED) is 0.673. The first kappa shape index (κ1) is 14.3. The Balaban J connectivity index is 2.36. The van der Waals surface area contributed by atoms with Gasteiger partial charge < -0.3 is 10.3 Å². The fourth-order valence-electron chi connectivity index (χ4n) is 1.79. The van der Waals surface area contributed by atoms with Gasteiger partial charge in [-0.1, -0.05) is 23.7 Å². The first-order valence-electron chi connectivity index (χ1n) is 6.01. The smallest absolute Gasteiger partial charge is 0.278 e. The molecule has 2 rings (SSSR count). The van der Waals surface area contributed by atoms with E-state index in [1.54, 1.807) is 19.2 Å². The predicted octanol–water partition coefficient (Wildman–Crippen LogP) is 2.61. The van der Waals surface area contributed by atoms with Gasteiger partial charge in [0.1, 0.15) is 11.5 Å². The number of hydrazine groups is 1. The summed E-state index contributed by atoms with van der Waals surface area (Å²) in [6.07, 6.45) is 0. The first-order chi connectivity index (χ1) is 9.52. The maximum Gasteiger partial charge on any atom is 0.278 e. The molecule has 0 fully saturated rings. The van der Waals surface area contributed by atoms with E-state index in [0.717, 1.165) is 11.3 Å². The molecule has 0 atom stereocenters. The molecule has 1 aromatic carbocycles. The molecule has 3 N–H and O–H groups in total. The van der Waals surface area contributed by atoms with Crippen LogP contribution >= 0.6 is 11.6 Å². The Bertz CT molecular complexity index is 645. The summed E-state index contributed by atoms with van der Waals surface area (Å²) in [6, 6.07) is 10.8. The van der Waals surface area contributed by atoms with Gasteiger partial charge in [0.05, 0.1) is 5.02 Å². The van der Waals surface area contributed by atoms with Crippen LogP contribution in [0.1, 0.15) is 16.1 Å². The van der Waals surface area contributed by atoms with Crippen molar-refractivity contribution in [1.29, 1.82) is 0 Å². The van der Waals surface area contributed by atoms with Crippen LogP contribution in [0.5, 0.6) is 0 Å². The Hall–Kier alpha value is -2.11. The number of pyridine rings is 1. The molecule has 104 valence electrons. The van der Waals surface area contributed by atoms with Crippen LogP contribution in [0.2, 0.25) is 5.02 Å². The van der Waals surface area contributed by atoms with E-state index >= 15 is 0 Å². The van der Waals surface area contributed by atoms with Gasteiger partial charge in [-0.3, -0.25) is 4.79 Å². The van der Waals surface area contributed by atoms with E-state index in [2.05, 4.69) is 10.4 Å². The van der Waals surface area contributed by atoms with Crippen molar-refractivity contribution < 1.29 is 4.79 Å². The molecule has 0 aliphatic heterocycles. The lowest BCUT2D eigenvalue weighted by Gasteiger charge is -2.18. The molecular formula is C14H15ClN4O. The Morgan fingerprint density at radius 2 is 2.10 bits per heavy atom. The highest BCUT2D eigenvalue weighted by atomic mass is 35.5. The van der Waals surface area contributed by atoms with Crippen molar-refractivity contribution in [2.24, 2.45) is 5.84 Å². The van der Waals surface area contributed by atoms with Crippen molar-refractivity contribution >= 4 is 29.0 Å². The van der Waals surface area contributed by atoms with Gasteiger partial charge >= 0.3 is 0 Å². The third kappa shape index (κ3) is 2.89. The Morgan fingerprint density at radius 1 is 1.35 bits per heavy atom. The van der Waals surface area contributed by atoms with Crippen LogP contribution in [0.3, 0.4) is 0 Å². The number of benzene rings is 1. The van der Waals surface area contributed by atoms with Gasteiger partial charge in [-0.25, -0.2) is 10.8 Å². The number of aryl methyl sites for hydroxylation is 1. The molecule has 0 unspecified atom stereocenters. The SMILES string of the molecule is Cc1cccc(N(C)C(=O)c2nc(NN)ccc2Cl)c1. The number of nitrogen functional groups attached to an aromatic ring is 1. The van der Waals surface area contributed by atoms with E-state index in [-0.39, 0.29) is 16.6 Å². The van der Waals surface area contributed by atoms with Gasteiger partial charge in [-0.05, 0) is 36.8 Å². The molecule has 5 nitrogen and oxygen atoms in total. The van der Waals surface area contributed by atoms with Crippen molar-refractivity contribution in [3.05, 3.63) is 52.7 Å². The molecule has 6 heteroatoms. The minimum atomic E-state index is -0.294. The van der Waals surface area contributed by atoms with Crippen molar-refractivity contribution in [3.63, 3.8) is 0 Å². The monoisotopic (exact) mass is 290 g/mol. The number of carbonyl (C=O) groups excluding carboxylic acids is 1. The van der Waals surface area contributed by atoms with Gasteiger partial charge in [-0.15, -0.1) is 0 Å². The number of nitrogens with zero attached hydrogens (tertiary/aromatic N) is 2. The number of aromatic nitrogens is 1. The van der Waals surface area contributed by atoms with Crippen molar-refractivity contribution in [2.75, 3.05) is 17.4 Å². The number of rotatable bonds is 3. The molecule has 1 aromatic heterocycles. The predicted molar refractivity (Wildman–Crippen MR) is 81.0 cm³/mol. The summed E-state index contributed by atoms with van der Waals surface area (Å²) in [4.78, 5) is 18.1. The summed E-state index contributed by atoms with van der Waals surface area (Å²) in [7, 11) is 1.68. The Kier molecular flexibility index (Phi) is 4.22. The van der Waals surface area contributed by atoms with E-state index < -0.39 is 0 Å². The average Bonchev–Trinajstić information content (AvgIpc) is 2.46. The number of halogens is 1. The largest absolute Gasteiger partial charge is 0.310 e. The summed E-state index contributed by atoms with van der Waals surface area (Å²) in [5, 5.41) is 0.286. The standard InChI is InChI=1S/C14H15ClN4O/c1-9-4-3-5-10(8-9)19(2)14(20)13-11(15)6-7-12(17-13)18-16/h3-8H,16H2,1-2H3,(H,17,18). The minimum absolute atomic E-state index is 0.158. The van der Waals surface area contributed by atoms with Gasteiger partial charge in [0.2, 0.25) is 0 Å². The highest BCUT2D eigenvalue weighted by Crippen LogP contribution is 2.21. The second-order valence-corrected chi connectivity index (χ2v) is 4.78. The average molecular weight is 291 g/mol. The van der Waals surface area contributed by atoms with Crippen LogP contribution in [-0.4, -0.2) is 17.9 Å². The number of hydrogen-bond donors (Lipinski definition) is 2. The molecule has 0 aliphatic carbocycles. The van der Waals surface area contributed by atoms with Crippen LogP contribution in [0.4, 0.5) is 11.5 Å². The first-order valence-corrected chi connectivity index (χ1v) is 6.38. The summed E-state index contributed by atoms with van der Waals surface area (Å²) in [6.45, 7) is 1.96. The fraction of sp³-hybridized carbons (Fsp3) is 0.143. The molecule has 0 bridgehead atoms. The lowest BCUT2D eigenvalue weighted by Crippen LogP contribution is -2.28. The van der Waals surface area contributed by atoms with E-state index in [0.29, 0.717) is 5.82 Å². The molecule has 0 radical (unpaired) electrons. The Morgan fingerprint density at radius 3 is 2.75 bits per heavy atom. The topological polar surface area (TPSA) is 71.2 Å². The van der Waals surface area contributed by atoms with Crippen LogP contribution in [0, 0.1) is 6.92 Å². The zero-order valence-electron chi connectivity index (χ0n) is 11.2. The summed E-state index contributed by atoms with van der Waals surface area (Å²) < 4.78 is 0. The third-order valence-corrected chi connectivity index (χ3v) is 3.20. The molecule has 1 amide bonds. The maximum atomic E-state index is 12.5. The highest BCUT2D eigenvalue weighted by molar-refractivity contribution is 6.34. The zero-order valence-corrected chi connectivity index (χ0v) is 12.0. The van der Waals surface area contributed by atoms with Gasteiger partial charge in [0.15, 0.2) is 0 Å².